The average Bonchev–Trinajstić information content (AvgIpc) is 2.37. The fraction of sp³-hybridized carbons (Fsp3) is 0.571. The van der Waals surface area contributed by atoms with Gasteiger partial charge in [0.2, 0.25) is 0 Å². The largest absolute Gasteiger partial charge is 0.389 e. The van der Waals surface area contributed by atoms with Crippen molar-refractivity contribution >= 4 is 21.8 Å². The van der Waals surface area contributed by atoms with Crippen molar-refractivity contribution < 1.29 is 9.90 Å². The fourth-order valence-corrected chi connectivity index (χ4v) is 2.74. The Hall–Kier alpha value is -0.980. The number of halogens is 1. The van der Waals surface area contributed by atoms with Crippen molar-refractivity contribution in [3.63, 3.8) is 0 Å². The molecule has 1 saturated heterocycles. The van der Waals surface area contributed by atoms with Gasteiger partial charge >= 0.3 is 0 Å². The summed E-state index contributed by atoms with van der Waals surface area (Å²) in [5, 5.41) is 9.82. The molecule has 0 aromatic carbocycles. The second kappa shape index (κ2) is 6.20. The number of piperazine rings is 1. The Morgan fingerprint density at radius 2 is 2.05 bits per heavy atom. The van der Waals surface area contributed by atoms with Crippen LogP contribution in [0.1, 0.15) is 24.2 Å². The molecule has 0 spiro atoms. The first-order valence-corrected chi connectivity index (χ1v) is 7.50. The summed E-state index contributed by atoms with van der Waals surface area (Å²) < 4.78 is 0.670. The van der Waals surface area contributed by atoms with E-state index in [0.717, 1.165) is 13.1 Å². The van der Waals surface area contributed by atoms with Gasteiger partial charge in [0.05, 0.1) is 5.60 Å². The molecule has 1 fully saturated rings. The lowest BCUT2D eigenvalue weighted by Crippen LogP contribution is -2.52. The first-order valence-electron chi connectivity index (χ1n) is 6.71. The van der Waals surface area contributed by atoms with Crippen LogP contribution in [0.15, 0.2) is 22.9 Å². The van der Waals surface area contributed by atoms with Gasteiger partial charge in [0.25, 0.3) is 5.91 Å². The number of hydrogen-bond donors (Lipinski definition) is 1. The maximum Gasteiger partial charge on any atom is 0.254 e. The molecule has 0 unspecified atom stereocenters. The van der Waals surface area contributed by atoms with Gasteiger partial charge in [-0.25, -0.2) is 4.98 Å². The van der Waals surface area contributed by atoms with Crippen LogP contribution in [0, 0.1) is 0 Å². The van der Waals surface area contributed by atoms with Crippen LogP contribution in [-0.4, -0.2) is 64.1 Å². The number of amides is 1. The van der Waals surface area contributed by atoms with E-state index in [-0.39, 0.29) is 5.91 Å². The van der Waals surface area contributed by atoms with Crippen molar-refractivity contribution in [2.24, 2.45) is 0 Å². The van der Waals surface area contributed by atoms with Crippen molar-refractivity contribution in [3.05, 3.63) is 28.5 Å². The number of nitrogens with zero attached hydrogens (tertiary/aromatic N) is 3. The molecule has 2 heterocycles. The Labute approximate surface area is 127 Å². The monoisotopic (exact) mass is 341 g/mol. The van der Waals surface area contributed by atoms with Gasteiger partial charge in [-0.15, -0.1) is 0 Å². The SMILES string of the molecule is CC(C)(O)CN1CCN(C(=O)c2ccnc(Br)c2)CC1. The fourth-order valence-electron chi connectivity index (χ4n) is 2.37. The predicted molar refractivity (Wildman–Crippen MR) is 80.6 cm³/mol. The maximum absolute atomic E-state index is 12.4. The zero-order chi connectivity index (χ0) is 14.8. The van der Waals surface area contributed by atoms with E-state index in [1.807, 2.05) is 4.90 Å². The van der Waals surface area contributed by atoms with Gasteiger partial charge in [0.1, 0.15) is 4.60 Å². The standard InChI is InChI=1S/C14H20BrN3O2/c1-14(2,20)10-17-5-7-18(8-6-17)13(19)11-3-4-16-12(15)9-11/h3-4,9,20H,5-8,10H2,1-2H3. The van der Waals surface area contributed by atoms with Gasteiger partial charge in [0.15, 0.2) is 0 Å². The molecule has 0 bridgehead atoms. The van der Waals surface area contributed by atoms with E-state index < -0.39 is 5.60 Å². The molecule has 6 heteroatoms. The Bertz CT molecular complexity index is 480. The molecule has 1 aromatic rings. The summed E-state index contributed by atoms with van der Waals surface area (Å²) in [5.74, 6) is 0.0380. The highest BCUT2D eigenvalue weighted by Crippen LogP contribution is 2.13. The van der Waals surface area contributed by atoms with E-state index in [0.29, 0.717) is 29.8 Å². The lowest BCUT2D eigenvalue weighted by molar-refractivity contribution is 0.0178. The van der Waals surface area contributed by atoms with Crippen molar-refractivity contribution in [2.45, 2.75) is 19.4 Å². The topological polar surface area (TPSA) is 56.7 Å². The van der Waals surface area contributed by atoms with Crippen LogP contribution >= 0.6 is 15.9 Å². The van der Waals surface area contributed by atoms with Gasteiger partial charge in [-0.3, -0.25) is 9.69 Å². The molecule has 20 heavy (non-hydrogen) atoms. The van der Waals surface area contributed by atoms with Crippen LogP contribution < -0.4 is 0 Å². The number of carbonyl (C=O) groups is 1. The van der Waals surface area contributed by atoms with E-state index >= 15 is 0 Å². The predicted octanol–water partition coefficient (Wildman–Crippen LogP) is 1.37. The van der Waals surface area contributed by atoms with Gasteiger partial charge in [0, 0.05) is 44.5 Å². The summed E-state index contributed by atoms with van der Waals surface area (Å²) in [4.78, 5) is 20.4. The van der Waals surface area contributed by atoms with E-state index in [4.69, 9.17) is 0 Å². The molecule has 0 atom stereocenters. The smallest absolute Gasteiger partial charge is 0.254 e. The lowest BCUT2D eigenvalue weighted by Gasteiger charge is -2.37. The molecule has 5 nitrogen and oxygen atoms in total. The van der Waals surface area contributed by atoms with Crippen LogP contribution in [0.2, 0.25) is 0 Å². The van der Waals surface area contributed by atoms with Gasteiger partial charge in [-0.2, -0.15) is 0 Å². The summed E-state index contributed by atoms with van der Waals surface area (Å²) in [7, 11) is 0. The molecule has 0 saturated carbocycles. The van der Waals surface area contributed by atoms with E-state index in [2.05, 4.69) is 25.8 Å². The third-order valence-corrected chi connectivity index (χ3v) is 3.68. The summed E-state index contributed by atoms with van der Waals surface area (Å²) in [6, 6.07) is 3.47. The molecule has 2 rings (SSSR count). The number of β-amino-alcohol motifs (C(OH)–C–C–N with tert-alkyl or cyclic N) is 1. The third-order valence-electron chi connectivity index (χ3n) is 3.24. The van der Waals surface area contributed by atoms with Crippen LogP contribution in [0.5, 0.6) is 0 Å². The Balaban J connectivity index is 1.92. The molecule has 110 valence electrons. The minimum atomic E-state index is -0.692. The van der Waals surface area contributed by atoms with Crippen LogP contribution in [-0.2, 0) is 0 Å². The van der Waals surface area contributed by atoms with Crippen LogP contribution in [0.3, 0.4) is 0 Å². The first-order chi connectivity index (χ1) is 9.35. The zero-order valence-electron chi connectivity index (χ0n) is 11.8. The highest BCUT2D eigenvalue weighted by atomic mass is 79.9. The van der Waals surface area contributed by atoms with E-state index in [9.17, 15) is 9.90 Å². The van der Waals surface area contributed by atoms with E-state index in [1.165, 1.54) is 0 Å². The maximum atomic E-state index is 12.4. The average molecular weight is 342 g/mol. The highest BCUT2D eigenvalue weighted by Gasteiger charge is 2.25. The highest BCUT2D eigenvalue weighted by molar-refractivity contribution is 9.10. The quantitative estimate of drug-likeness (QED) is 0.843. The molecule has 0 radical (unpaired) electrons. The summed E-state index contributed by atoms with van der Waals surface area (Å²) in [6.07, 6.45) is 1.63. The number of rotatable bonds is 3. The Kier molecular flexibility index (Phi) is 4.78. The molecule has 1 N–H and O–H groups in total. The van der Waals surface area contributed by atoms with E-state index in [1.54, 1.807) is 32.2 Å². The molecule has 1 aromatic heterocycles. The lowest BCUT2D eigenvalue weighted by atomic mass is 10.1. The Morgan fingerprint density at radius 1 is 1.40 bits per heavy atom. The normalized spacial score (nSPS) is 17.3. The molecular formula is C14H20BrN3O2. The number of hydrogen-bond acceptors (Lipinski definition) is 4. The second-order valence-electron chi connectivity index (χ2n) is 5.75. The summed E-state index contributed by atoms with van der Waals surface area (Å²) in [6.45, 7) is 7.21. The number of aromatic nitrogens is 1. The molecule has 0 aliphatic carbocycles. The van der Waals surface area contributed by atoms with Crippen molar-refractivity contribution in [1.29, 1.82) is 0 Å². The number of aliphatic hydroxyl groups is 1. The molecule has 1 aliphatic heterocycles. The van der Waals surface area contributed by atoms with Crippen molar-refractivity contribution in [2.75, 3.05) is 32.7 Å². The minimum absolute atomic E-state index is 0.0380. The third kappa shape index (κ3) is 4.26. The van der Waals surface area contributed by atoms with Crippen molar-refractivity contribution in [3.8, 4) is 0 Å². The number of carbonyl (C=O) groups excluding carboxylic acids is 1. The van der Waals surface area contributed by atoms with Crippen molar-refractivity contribution in [1.82, 2.24) is 14.8 Å². The molecular weight excluding hydrogens is 322 g/mol. The first kappa shape index (κ1) is 15.4. The number of pyridine rings is 1. The minimum Gasteiger partial charge on any atom is -0.389 e. The van der Waals surface area contributed by atoms with Gasteiger partial charge in [-0.05, 0) is 41.9 Å². The van der Waals surface area contributed by atoms with Crippen LogP contribution in [0.4, 0.5) is 0 Å². The molecule has 1 amide bonds. The van der Waals surface area contributed by atoms with Gasteiger partial charge < -0.3 is 10.0 Å². The van der Waals surface area contributed by atoms with Crippen LogP contribution in [0.25, 0.3) is 0 Å². The molecule has 1 aliphatic rings. The zero-order valence-corrected chi connectivity index (χ0v) is 13.4. The van der Waals surface area contributed by atoms with Gasteiger partial charge in [-0.1, -0.05) is 0 Å². The summed E-state index contributed by atoms with van der Waals surface area (Å²) in [5.41, 5.74) is -0.0369. The summed E-state index contributed by atoms with van der Waals surface area (Å²) >= 11 is 3.28. The second-order valence-corrected chi connectivity index (χ2v) is 6.56. The Morgan fingerprint density at radius 3 is 2.60 bits per heavy atom.